The van der Waals surface area contributed by atoms with Crippen LogP contribution in [0.25, 0.3) is 5.76 Å². The second-order valence-electron chi connectivity index (χ2n) is 7.41. The molecule has 1 aliphatic heterocycles. The van der Waals surface area contributed by atoms with Crippen molar-refractivity contribution in [1.29, 1.82) is 5.26 Å². The first-order chi connectivity index (χ1) is 15.2. The molecule has 0 fully saturated rings. The molecule has 0 amide bonds. The van der Waals surface area contributed by atoms with Crippen molar-refractivity contribution in [2.24, 2.45) is 5.73 Å². The van der Waals surface area contributed by atoms with E-state index < -0.39 is 16.8 Å². The minimum Gasteiger partial charge on any atom is -0.463 e. The molecule has 2 aromatic carbocycles. The number of nitrogens with zero attached hydrogens (tertiary/aromatic N) is 2. The predicted molar refractivity (Wildman–Crippen MR) is 118 cm³/mol. The molecule has 1 atom stereocenters. The molecule has 0 saturated carbocycles. The lowest BCUT2D eigenvalue weighted by molar-refractivity contribution is -0.386. The van der Waals surface area contributed by atoms with Gasteiger partial charge in [-0.3, -0.25) is 10.1 Å². The number of carbonyl (C=O) groups excluding carboxylic acids is 1. The van der Waals surface area contributed by atoms with Crippen LogP contribution in [0.15, 0.2) is 53.4 Å². The monoisotopic (exact) mass is 433 g/mol. The van der Waals surface area contributed by atoms with Crippen LogP contribution in [-0.2, 0) is 14.3 Å². The Labute approximate surface area is 185 Å². The van der Waals surface area contributed by atoms with Gasteiger partial charge in [-0.1, -0.05) is 30.3 Å². The highest BCUT2D eigenvalue weighted by Gasteiger charge is 2.40. The number of aryl methyl sites for hydroxylation is 2. The predicted octanol–water partition coefficient (Wildman–Crippen LogP) is 4.30. The molecule has 3 rings (SSSR count). The van der Waals surface area contributed by atoms with Gasteiger partial charge in [-0.15, -0.1) is 0 Å². The zero-order chi connectivity index (χ0) is 23.6. The number of ether oxygens (including phenoxy) is 2. The van der Waals surface area contributed by atoms with Crippen molar-refractivity contribution in [1.82, 2.24) is 0 Å². The van der Waals surface area contributed by atoms with E-state index in [9.17, 15) is 20.2 Å². The van der Waals surface area contributed by atoms with Gasteiger partial charge in [0, 0.05) is 16.7 Å². The number of rotatable bonds is 5. The Morgan fingerprint density at radius 2 is 1.91 bits per heavy atom. The molecule has 0 spiro atoms. The van der Waals surface area contributed by atoms with E-state index >= 15 is 0 Å². The van der Waals surface area contributed by atoms with E-state index in [2.05, 4.69) is 0 Å². The summed E-state index contributed by atoms with van der Waals surface area (Å²) in [4.78, 5) is 24.5. The Hall–Kier alpha value is -4.12. The van der Waals surface area contributed by atoms with E-state index in [0.29, 0.717) is 27.8 Å². The highest BCUT2D eigenvalue weighted by Crippen LogP contribution is 2.46. The molecule has 1 unspecified atom stereocenters. The number of nitro groups is 1. The molecule has 1 heterocycles. The third-order valence-electron chi connectivity index (χ3n) is 5.41. The molecule has 164 valence electrons. The van der Waals surface area contributed by atoms with E-state index in [-0.39, 0.29) is 35.1 Å². The summed E-state index contributed by atoms with van der Waals surface area (Å²) in [6, 6.07) is 12.6. The maximum atomic E-state index is 13.2. The zero-order valence-corrected chi connectivity index (χ0v) is 18.3. The summed E-state index contributed by atoms with van der Waals surface area (Å²) in [5.74, 6) is -1.67. The van der Waals surface area contributed by atoms with E-state index in [1.54, 1.807) is 58.0 Å². The third-order valence-corrected chi connectivity index (χ3v) is 5.41. The lowest BCUT2D eigenvalue weighted by Crippen LogP contribution is -2.27. The highest BCUT2D eigenvalue weighted by molar-refractivity contribution is 6.00. The van der Waals surface area contributed by atoms with Gasteiger partial charge in [0.05, 0.1) is 23.0 Å². The van der Waals surface area contributed by atoms with Crippen molar-refractivity contribution >= 4 is 17.4 Å². The van der Waals surface area contributed by atoms with Crippen LogP contribution in [0.5, 0.6) is 0 Å². The van der Waals surface area contributed by atoms with Gasteiger partial charge in [-0.2, -0.15) is 5.26 Å². The molecule has 0 aromatic heterocycles. The van der Waals surface area contributed by atoms with Crippen molar-refractivity contribution < 1.29 is 19.2 Å². The molecular formula is C24H23N3O5. The zero-order valence-electron chi connectivity index (χ0n) is 18.3. The number of esters is 1. The smallest absolute Gasteiger partial charge is 0.338 e. The fraction of sp³-hybridized carbons (Fsp3) is 0.250. The molecule has 0 saturated heterocycles. The fourth-order valence-corrected chi connectivity index (χ4v) is 4.18. The molecule has 0 radical (unpaired) electrons. The summed E-state index contributed by atoms with van der Waals surface area (Å²) in [5.41, 5.74) is 8.68. The standard InChI is InChI=1S/C24H23N3O5/c1-5-31-24(28)20-19(18-13(2)11-14(3)21(15(18)4)27(29)30)17(12-25)23(26)32-22(20)16-9-7-6-8-10-16/h6-11,19H,5,26H2,1-4H3. The largest absolute Gasteiger partial charge is 0.463 e. The summed E-state index contributed by atoms with van der Waals surface area (Å²) in [7, 11) is 0. The van der Waals surface area contributed by atoms with E-state index in [1.807, 2.05) is 12.1 Å². The van der Waals surface area contributed by atoms with Crippen LogP contribution in [-0.4, -0.2) is 17.5 Å². The summed E-state index contributed by atoms with van der Waals surface area (Å²) >= 11 is 0. The first kappa shape index (κ1) is 22.6. The second-order valence-corrected chi connectivity index (χ2v) is 7.41. The summed E-state index contributed by atoms with van der Waals surface area (Å²) in [6.45, 7) is 6.81. The summed E-state index contributed by atoms with van der Waals surface area (Å²) in [6.07, 6.45) is 0. The molecule has 32 heavy (non-hydrogen) atoms. The van der Waals surface area contributed by atoms with Crippen LogP contribution in [0.3, 0.4) is 0 Å². The number of nitro benzene ring substituents is 1. The van der Waals surface area contributed by atoms with Gasteiger partial charge in [-0.25, -0.2) is 4.79 Å². The van der Waals surface area contributed by atoms with Gasteiger partial charge in [0.1, 0.15) is 17.4 Å². The first-order valence-corrected chi connectivity index (χ1v) is 10.0. The number of hydrogen-bond donors (Lipinski definition) is 1. The van der Waals surface area contributed by atoms with Crippen LogP contribution in [0, 0.1) is 42.2 Å². The lowest BCUT2D eigenvalue weighted by Gasteiger charge is -2.30. The number of benzene rings is 2. The molecule has 1 aliphatic rings. The molecular weight excluding hydrogens is 410 g/mol. The van der Waals surface area contributed by atoms with Gasteiger partial charge in [0.25, 0.3) is 5.69 Å². The maximum absolute atomic E-state index is 13.2. The second kappa shape index (κ2) is 8.94. The van der Waals surface area contributed by atoms with E-state index in [1.165, 1.54) is 0 Å². The Bertz CT molecular complexity index is 1210. The molecule has 2 aromatic rings. The van der Waals surface area contributed by atoms with Crippen molar-refractivity contribution in [3.8, 4) is 6.07 Å². The van der Waals surface area contributed by atoms with E-state index in [0.717, 1.165) is 0 Å². The number of nitriles is 1. The molecule has 8 nitrogen and oxygen atoms in total. The van der Waals surface area contributed by atoms with Crippen molar-refractivity contribution in [3.05, 3.63) is 91.4 Å². The third kappa shape index (κ3) is 3.81. The van der Waals surface area contributed by atoms with Crippen LogP contribution in [0.1, 0.15) is 40.7 Å². The molecule has 8 heteroatoms. The number of carbonyl (C=O) groups is 1. The van der Waals surface area contributed by atoms with Gasteiger partial charge in [-0.05, 0) is 44.9 Å². The molecule has 0 aliphatic carbocycles. The van der Waals surface area contributed by atoms with Crippen molar-refractivity contribution in [3.63, 3.8) is 0 Å². The van der Waals surface area contributed by atoms with Crippen molar-refractivity contribution in [2.75, 3.05) is 6.61 Å². The van der Waals surface area contributed by atoms with Crippen LogP contribution in [0.4, 0.5) is 5.69 Å². The van der Waals surface area contributed by atoms with Crippen LogP contribution >= 0.6 is 0 Å². The van der Waals surface area contributed by atoms with Gasteiger partial charge in [0.2, 0.25) is 5.88 Å². The van der Waals surface area contributed by atoms with Gasteiger partial charge in [0.15, 0.2) is 0 Å². The first-order valence-electron chi connectivity index (χ1n) is 10.0. The Morgan fingerprint density at radius 3 is 2.47 bits per heavy atom. The normalized spacial score (nSPS) is 15.8. The minimum atomic E-state index is -0.984. The lowest BCUT2D eigenvalue weighted by atomic mass is 9.77. The minimum absolute atomic E-state index is 0.00270. The van der Waals surface area contributed by atoms with Gasteiger partial charge < -0.3 is 15.2 Å². The average molecular weight is 433 g/mol. The average Bonchev–Trinajstić information content (AvgIpc) is 2.73. The Kier molecular flexibility index (Phi) is 6.30. The quantitative estimate of drug-likeness (QED) is 0.423. The topological polar surface area (TPSA) is 128 Å². The number of nitrogens with two attached hydrogens (primary N) is 1. The molecule has 0 bridgehead atoms. The van der Waals surface area contributed by atoms with Crippen LogP contribution < -0.4 is 5.73 Å². The van der Waals surface area contributed by atoms with E-state index in [4.69, 9.17) is 15.2 Å². The van der Waals surface area contributed by atoms with Crippen LogP contribution in [0.2, 0.25) is 0 Å². The highest BCUT2D eigenvalue weighted by atomic mass is 16.6. The summed E-state index contributed by atoms with van der Waals surface area (Å²) < 4.78 is 11.1. The number of hydrogen-bond acceptors (Lipinski definition) is 7. The van der Waals surface area contributed by atoms with Gasteiger partial charge >= 0.3 is 5.97 Å². The van der Waals surface area contributed by atoms with Crippen molar-refractivity contribution in [2.45, 2.75) is 33.6 Å². The molecule has 2 N–H and O–H groups in total. The maximum Gasteiger partial charge on any atom is 0.338 e. The Balaban J connectivity index is 2.44. The number of allylic oxidation sites excluding steroid dienone is 1. The Morgan fingerprint density at radius 1 is 1.25 bits per heavy atom. The summed E-state index contributed by atoms with van der Waals surface area (Å²) in [5, 5.41) is 21.7. The SMILES string of the molecule is CCOC(=O)C1=C(c2ccccc2)OC(N)=C(C#N)C1c1c(C)cc(C)c([N+](=O)[O-])c1C. The fourth-order valence-electron chi connectivity index (χ4n) is 4.18.